The molecule has 0 fully saturated rings. The molecule has 0 aliphatic heterocycles. The van der Waals surface area contributed by atoms with Crippen molar-refractivity contribution in [3.05, 3.63) is 11.8 Å². The van der Waals surface area contributed by atoms with E-state index in [1.54, 1.807) is 0 Å². The van der Waals surface area contributed by atoms with Gasteiger partial charge in [-0.1, -0.05) is 13.3 Å². The highest BCUT2D eigenvalue weighted by Gasteiger charge is 2.10. The second-order valence-corrected chi connectivity index (χ2v) is 4.21. The van der Waals surface area contributed by atoms with Crippen LogP contribution in [-0.2, 0) is 0 Å². The molecule has 1 aromatic rings. The van der Waals surface area contributed by atoms with Crippen molar-refractivity contribution in [2.24, 2.45) is 5.73 Å². The lowest BCUT2D eigenvalue weighted by molar-refractivity contribution is 0.326. The molecular weight excluding hydrogens is 228 g/mol. The fourth-order valence-electron chi connectivity index (χ4n) is 1.70. The lowest BCUT2D eigenvalue weighted by Crippen LogP contribution is -2.32. The number of rotatable bonds is 8. The van der Waals surface area contributed by atoms with Gasteiger partial charge in [0.05, 0.1) is 6.61 Å². The first-order valence-corrected chi connectivity index (χ1v) is 6.64. The second kappa shape index (κ2) is 7.87. The van der Waals surface area contributed by atoms with Crippen molar-refractivity contribution < 1.29 is 4.74 Å². The molecule has 1 heterocycles. The van der Waals surface area contributed by atoms with Crippen LogP contribution in [0.25, 0.3) is 0 Å². The summed E-state index contributed by atoms with van der Waals surface area (Å²) in [6.45, 7) is 8.99. The minimum Gasteiger partial charge on any atom is -0.478 e. The summed E-state index contributed by atoms with van der Waals surface area (Å²) in [5.74, 6) is 1.36. The van der Waals surface area contributed by atoms with Crippen molar-refractivity contribution in [2.45, 2.75) is 33.6 Å². The van der Waals surface area contributed by atoms with Crippen LogP contribution in [0.1, 0.15) is 32.4 Å². The van der Waals surface area contributed by atoms with Crippen LogP contribution in [0.4, 0.5) is 5.95 Å². The van der Waals surface area contributed by atoms with Crippen molar-refractivity contribution in [3.8, 4) is 5.88 Å². The first-order valence-electron chi connectivity index (χ1n) is 6.64. The Kier molecular flexibility index (Phi) is 6.43. The average molecular weight is 252 g/mol. The van der Waals surface area contributed by atoms with Gasteiger partial charge >= 0.3 is 0 Å². The highest BCUT2D eigenvalue weighted by molar-refractivity contribution is 5.34. The Hall–Kier alpha value is -1.36. The predicted octanol–water partition coefficient (Wildman–Crippen LogP) is 1.75. The normalized spacial score (nSPS) is 10.4. The van der Waals surface area contributed by atoms with Crippen molar-refractivity contribution in [3.63, 3.8) is 0 Å². The minimum absolute atomic E-state index is 0.602. The summed E-state index contributed by atoms with van der Waals surface area (Å²) in [4.78, 5) is 11.0. The molecule has 0 spiro atoms. The Morgan fingerprint density at radius 3 is 2.67 bits per heavy atom. The van der Waals surface area contributed by atoms with E-state index in [2.05, 4.69) is 21.8 Å². The molecule has 0 atom stereocenters. The third-order valence-electron chi connectivity index (χ3n) is 2.57. The number of hydrogen-bond acceptors (Lipinski definition) is 5. The van der Waals surface area contributed by atoms with E-state index in [1.807, 2.05) is 19.9 Å². The molecule has 102 valence electrons. The van der Waals surface area contributed by atoms with Gasteiger partial charge in [0.25, 0.3) is 0 Å². The average Bonchev–Trinajstić information content (AvgIpc) is 2.34. The van der Waals surface area contributed by atoms with Crippen molar-refractivity contribution in [2.75, 3.05) is 31.1 Å². The van der Waals surface area contributed by atoms with E-state index >= 15 is 0 Å². The molecule has 0 aliphatic carbocycles. The quantitative estimate of drug-likeness (QED) is 0.763. The van der Waals surface area contributed by atoms with E-state index in [1.165, 1.54) is 0 Å². The molecule has 5 heteroatoms. The molecule has 0 aromatic carbocycles. The largest absolute Gasteiger partial charge is 0.478 e. The Morgan fingerprint density at radius 1 is 1.28 bits per heavy atom. The summed E-state index contributed by atoms with van der Waals surface area (Å²) in [6.07, 6.45) is 2.26. The topological polar surface area (TPSA) is 64.3 Å². The summed E-state index contributed by atoms with van der Waals surface area (Å²) < 4.78 is 5.45. The first-order chi connectivity index (χ1) is 8.71. The van der Waals surface area contributed by atoms with Crippen molar-refractivity contribution in [1.29, 1.82) is 0 Å². The van der Waals surface area contributed by atoms with E-state index in [0.717, 1.165) is 37.6 Å². The van der Waals surface area contributed by atoms with Crippen LogP contribution in [0.15, 0.2) is 6.07 Å². The number of nitrogens with two attached hydrogens (primary N) is 1. The van der Waals surface area contributed by atoms with Crippen LogP contribution in [0.2, 0.25) is 0 Å². The Labute approximate surface area is 109 Å². The third kappa shape index (κ3) is 4.49. The summed E-state index contributed by atoms with van der Waals surface area (Å²) in [5.41, 5.74) is 6.56. The zero-order valence-electron chi connectivity index (χ0n) is 11.6. The fourth-order valence-corrected chi connectivity index (χ4v) is 1.70. The van der Waals surface area contributed by atoms with Crippen LogP contribution in [0.5, 0.6) is 5.88 Å². The van der Waals surface area contributed by atoms with Gasteiger partial charge in [0.1, 0.15) is 0 Å². The van der Waals surface area contributed by atoms with Crippen LogP contribution < -0.4 is 15.4 Å². The van der Waals surface area contributed by atoms with Crippen LogP contribution in [0.3, 0.4) is 0 Å². The number of aryl methyl sites for hydroxylation is 1. The molecule has 0 aliphatic rings. The van der Waals surface area contributed by atoms with Crippen molar-refractivity contribution in [1.82, 2.24) is 9.97 Å². The van der Waals surface area contributed by atoms with Gasteiger partial charge in [-0.15, -0.1) is 0 Å². The molecule has 0 saturated heterocycles. The Morgan fingerprint density at radius 2 is 2.06 bits per heavy atom. The standard InChI is InChI=1S/C13H24N4O/c1-4-6-8-17(9-7-14)13-15-11(3)10-12(16-13)18-5-2/h10H,4-9,14H2,1-3H3. The van der Waals surface area contributed by atoms with Gasteiger partial charge in [-0.3, -0.25) is 0 Å². The van der Waals surface area contributed by atoms with Crippen LogP contribution >= 0.6 is 0 Å². The molecular formula is C13H24N4O. The maximum absolute atomic E-state index is 5.64. The minimum atomic E-state index is 0.602. The first kappa shape index (κ1) is 14.7. The van der Waals surface area contributed by atoms with Crippen LogP contribution in [0, 0.1) is 6.92 Å². The van der Waals surface area contributed by atoms with Gasteiger partial charge < -0.3 is 15.4 Å². The van der Waals surface area contributed by atoms with Gasteiger partial charge in [0.15, 0.2) is 0 Å². The molecule has 0 bridgehead atoms. The molecule has 2 N–H and O–H groups in total. The highest BCUT2D eigenvalue weighted by atomic mass is 16.5. The summed E-state index contributed by atoms with van der Waals surface area (Å²) in [5, 5.41) is 0. The van der Waals surface area contributed by atoms with Gasteiger partial charge in [-0.25, -0.2) is 4.98 Å². The second-order valence-electron chi connectivity index (χ2n) is 4.21. The predicted molar refractivity (Wildman–Crippen MR) is 74.1 cm³/mol. The van der Waals surface area contributed by atoms with E-state index in [4.69, 9.17) is 10.5 Å². The summed E-state index contributed by atoms with van der Waals surface area (Å²) in [7, 11) is 0. The summed E-state index contributed by atoms with van der Waals surface area (Å²) >= 11 is 0. The fraction of sp³-hybridized carbons (Fsp3) is 0.692. The Bertz CT molecular complexity index is 357. The molecule has 0 amide bonds. The van der Waals surface area contributed by atoms with E-state index in [-0.39, 0.29) is 0 Å². The number of anilines is 1. The number of nitrogens with zero attached hydrogens (tertiary/aromatic N) is 3. The van der Waals surface area contributed by atoms with E-state index < -0.39 is 0 Å². The monoisotopic (exact) mass is 252 g/mol. The van der Waals surface area contributed by atoms with Crippen LogP contribution in [-0.4, -0.2) is 36.2 Å². The Balaban J connectivity index is 2.87. The highest BCUT2D eigenvalue weighted by Crippen LogP contribution is 2.15. The SMILES string of the molecule is CCCCN(CCN)c1nc(C)cc(OCC)n1. The molecule has 0 saturated carbocycles. The van der Waals surface area contributed by atoms with Gasteiger partial charge in [0, 0.05) is 31.4 Å². The molecule has 18 heavy (non-hydrogen) atoms. The molecule has 1 aromatic heterocycles. The lowest BCUT2D eigenvalue weighted by atomic mass is 10.3. The maximum Gasteiger partial charge on any atom is 0.228 e. The molecule has 5 nitrogen and oxygen atoms in total. The number of aromatic nitrogens is 2. The zero-order valence-corrected chi connectivity index (χ0v) is 11.6. The maximum atomic E-state index is 5.64. The number of ether oxygens (including phenoxy) is 1. The van der Waals surface area contributed by atoms with E-state index in [0.29, 0.717) is 19.0 Å². The third-order valence-corrected chi connectivity index (χ3v) is 2.57. The smallest absolute Gasteiger partial charge is 0.228 e. The van der Waals surface area contributed by atoms with Gasteiger partial charge in [-0.2, -0.15) is 4.98 Å². The zero-order chi connectivity index (χ0) is 13.4. The summed E-state index contributed by atoms with van der Waals surface area (Å²) in [6, 6.07) is 1.85. The van der Waals surface area contributed by atoms with Gasteiger partial charge in [0.2, 0.25) is 11.8 Å². The molecule has 1 rings (SSSR count). The van der Waals surface area contributed by atoms with Gasteiger partial charge in [-0.05, 0) is 20.3 Å². The van der Waals surface area contributed by atoms with E-state index in [9.17, 15) is 0 Å². The lowest BCUT2D eigenvalue weighted by Gasteiger charge is -2.22. The van der Waals surface area contributed by atoms with Crippen molar-refractivity contribution >= 4 is 5.95 Å². The molecule has 0 radical (unpaired) electrons. The number of hydrogen-bond donors (Lipinski definition) is 1. The molecule has 0 unspecified atom stereocenters. The number of unbranched alkanes of at least 4 members (excludes halogenated alkanes) is 1.